The van der Waals surface area contributed by atoms with Crippen LogP contribution in [0.4, 0.5) is 11.4 Å². The van der Waals surface area contributed by atoms with Gasteiger partial charge < -0.3 is 30.3 Å². The van der Waals surface area contributed by atoms with Crippen LogP contribution in [0.3, 0.4) is 0 Å². The van der Waals surface area contributed by atoms with Crippen LogP contribution in [0, 0.1) is 0 Å². The number of hydrogen-bond donors (Lipinski definition) is 2. The average Bonchev–Trinajstić information content (AvgIpc) is 2.74. The summed E-state index contributed by atoms with van der Waals surface area (Å²) in [4.78, 5) is 4.80. The second-order valence-corrected chi connectivity index (χ2v) is 8.00. The number of anilines is 2. The zero-order valence-corrected chi connectivity index (χ0v) is 18.5. The molecule has 7 heteroatoms. The van der Waals surface area contributed by atoms with E-state index in [2.05, 4.69) is 46.4 Å². The maximum atomic E-state index is 5.88. The Balaban J connectivity index is 1.28. The lowest BCUT2D eigenvalue weighted by Crippen LogP contribution is -2.44. The summed E-state index contributed by atoms with van der Waals surface area (Å²) < 4.78 is 11.7. The molecule has 1 fully saturated rings. The highest BCUT2D eigenvalue weighted by Crippen LogP contribution is 2.21. The van der Waals surface area contributed by atoms with Crippen molar-refractivity contribution in [3.8, 4) is 11.5 Å². The Bertz CT molecular complexity index is 792. The molecule has 162 valence electrons. The highest BCUT2D eigenvalue weighted by molar-refractivity contribution is 7.80. The minimum Gasteiger partial charge on any atom is -0.494 e. The van der Waals surface area contributed by atoms with Gasteiger partial charge >= 0.3 is 0 Å². The van der Waals surface area contributed by atoms with Gasteiger partial charge in [-0.15, -0.1) is 0 Å². The molecule has 0 radical (unpaired) electrons. The molecule has 0 atom stereocenters. The number of piperazine rings is 1. The Kier molecular flexibility index (Phi) is 8.59. The molecule has 0 unspecified atom stereocenters. The van der Waals surface area contributed by atoms with Gasteiger partial charge in [0.15, 0.2) is 5.11 Å². The number of benzene rings is 2. The molecular weight excluding hydrogens is 396 g/mol. The lowest BCUT2D eigenvalue weighted by atomic mass is 10.2. The highest BCUT2D eigenvalue weighted by Gasteiger charge is 2.13. The number of nitrogens with one attached hydrogen (secondary N) is 1. The zero-order chi connectivity index (χ0) is 21.2. The van der Waals surface area contributed by atoms with Crippen LogP contribution in [-0.4, -0.2) is 56.5 Å². The van der Waals surface area contributed by atoms with Crippen LogP contribution in [0.15, 0.2) is 48.5 Å². The van der Waals surface area contributed by atoms with E-state index < -0.39 is 0 Å². The van der Waals surface area contributed by atoms with Gasteiger partial charge in [0, 0.05) is 43.6 Å². The first kappa shape index (κ1) is 22.2. The first-order valence-corrected chi connectivity index (χ1v) is 11.0. The Labute approximate surface area is 184 Å². The minimum absolute atomic E-state index is 0.251. The molecule has 0 aromatic heterocycles. The second-order valence-electron chi connectivity index (χ2n) is 7.56. The summed E-state index contributed by atoms with van der Waals surface area (Å²) in [6, 6.07) is 16.1. The predicted octanol–water partition coefficient (Wildman–Crippen LogP) is 3.72. The third-order valence-corrected chi connectivity index (χ3v) is 5.23. The summed E-state index contributed by atoms with van der Waals surface area (Å²) in [7, 11) is 2.18. The lowest BCUT2D eigenvalue weighted by Gasteiger charge is -2.34. The Hall–Kier alpha value is -2.51. The van der Waals surface area contributed by atoms with Crippen molar-refractivity contribution in [3.63, 3.8) is 0 Å². The molecule has 1 saturated heterocycles. The van der Waals surface area contributed by atoms with E-state index in [0.29, 0.717) is 6.61 Å². The van der Waals surface area contributed by atoms with Crippen molar-refractivity contribution in [3.05, 3.63) is 48.5 Å². The van der Waals surface area contributed by atoms with Crippen molar-refractivity contribution < 1.29 is 9.47 Å². The van der Waals surface area contributed by atoms with Gasteiger partial charge in [0.2, 0.25) is 0 Å². The molecule has 0 aliphatic carbocycles. The summed E-state index contributed by atoms with van der Waals surface area (Å²) >= 11 is 4.85. The first-order valence-electron chi connectivity index (χ1n) is 10.6. The van der Waals surface area contributed by atoms with Gasteiger partial charge in [-0.2, -0.15) is 0 Å². The van der Waals surface area contributed by atoms with Crippen molar-refractivity contribution in [2.75, 3.05) is 56.7 Å². The number of unbranched alkanes of at least 4 members (excludes halogenated alkanes) is 2. The van der Waals surface area contributed by atoms with Gasteiger partial charge in [-0.05, 0) is 74.9 Å². The quantitative estimate of drug-likeness (QED) is 0.442. The van der Waals surface area contributed by atoms with Crippen molar-refractivity contribution in [2.24, 2.45) is 5.73 Å². The molecule has 0 spiro atoms. The number of thiocarbonyl (C=S) groups is 1. The number of hydrogen-bond acceptors (Lipinski definition) is 5. The molecule has 3 rings (SSSR count). The number of likely N-dealkylation sites (N-methyl/N-ethyl adjacent to an activating group) is 1. The minimum atomic E-state index is 0.251. The van der Waals surface area contributed by atoms with Gasteiger partial charge in [0.1, 0.15) is 11.5 Å². The molecular formula is C23H32N4O2S. The van der Waals surface area contributed by atoms with Crippen molar-refractivity contribution in [1.82, 2.24) is 4.90 Å². The number of rotatable bonds is 10. The topological polar surface area (TPSA) is 63.0 Å². The average molecular weight is 429 g/mol. The fourth-order valence-electron chi connectivity index (χ4n) is 3.38. The molecule has 1 heterocycles. The number of ether oxygens (including phenoxy) is 2. The summed E-state index contributed by atoms with van der Waals surface area (Å²) in [6.45, 7) is 5.80. The van der Waals surface area contributed by atoms with E-state index in [0.717, 1.165) is 69.2 Å². The molecule has 0 saturated carbocycles. The smallest absolute Gasteiger partial charge is 0.168 e. The number of nitrogens with two attached hydrogens (primary N) is 1. The van der Waals surface area contributed by atoms with Crippen LogP contribution < -0.4 is 25.4 Å². The van der Waals surface area contributed by atoms with Crippen LogP contribution in [0.25, 0.3) is 0 Å². The van der Waals surface area contributed by atoms with Gasteiger partial charge in [-0.25, -0.2) is 0 Å². The number of nitrogens with zero attached hydrogens (tertiary/aromatic N) is 2. The molecule has 30 heavy (non-hydrogen) atoms. The fraction of sp³-hybridized carbons (Fsp3) is 0.435. The van der Waals surface area contributed by atoms with E-state index >= 15 is 0 Å². The van der Waals surface area contributed by atoms with E-state index in [1.807, 2.05) is 24.3 Å². The fourth-order valence-corrected chi connectivity index (χ4v) is 3.50. The SMILES string of the molecule is CN1CCN(c2ccc(OCCCCCOc3cccc(NC(N)=S)c3)cc2)CC1. The first-order chi connectivity index (χ1) is 14.6. The maximum Gasteiger partial charge on any atom is 0.168 e. The Morgan fingerprint density at radius 1 is 0.933 bits per heavy atom. The predicted molar refractivity (Wildman–Crippen MR) is 128 cm³/mol. The molecule has 1 aliphatic heterocycles. The van der Waals surface area contributed by atoms with Gasteiger partial charge in [-0.3, -0.25) is 0 Å². The van der Waals surface area contributed by atoms with Crippen LogP contribution in [0.1, 0.15) is 19.3 Å². The molecule has 6 nitrogen and oxygen atoms in total. The van der Waals surface area contributed by atoms with E-state index in [-0.39, 0.29) is 5.11 Å². The van der Waals surface area contributed by atoms with E-state index in [4.69, 9.17) is 27.4 Å². The molecule has 2 aromatic carbocycles. The highest BCUT2D eigenvalue weighted by atomic mass is 32.1. The van der Waals surface area contributed by atoms with E-state index in [1.54, 1.807) is 0 Å². The van der Waals surface area contributed by atoms with Crippen molar-refractivity contribution in [2.45, 2.75) is 19.3 Å². The van der Waals surface area contributed by atoms with Gasteiger partial charge in [-0.1, -0.05) is 6.07 Å². The molecule has 1 aliphatic rings. The van der Waals surface area contributed by atoms with Crippen LogP contribution in [0.2, 0.25) is 0 Å². The van der Waals surface area contributed by atoms with E-state index in [9.17, 15) is 0 Å². The summed E-state index contributed by atoms with van der Waals surface area (Å²) in [5, 5.41) is 3.16. The second kappa shape index (κ2) is 11.6. The van der Waals surface area contributed by atoms with Gasteiger partial charge in [0.05, 0.1) is 13.2 Å². The molecule has 0 amide bonds. The standard InChI is InChI=1S/C23H32N4O2S/c1-26-12-14-27(15-13-26)20-8-10-21(11-9-20)28-16-3-2-4-17-29-22-7-5-6-19(18-22)25-23(24)30/h5-11,18H,2-4,12-17H2,1H3,(H3,24,25,30). The van der Waals surface area contributed by atoms with Crippen LogP contribution >= 0.6 is 12.2 Å². The third kappa shape index (κ3) is 7.39. The lowest BCUT2D eigenvalue weighted by molar-refractivity contribution is 0.279. The van der Waals surface area contributed by atoms with E-state index in [1.165, 1.54) is 5.69 Å². The summed E-state index contributed by atoms with van der Waals surface area (Å²) in [5.41, 5.74) is 7.61. The summed E-state index contributed by atoms with van der Waals surface area (Å²) in [5.74, 6) is 1.75. The van der Waals surface area contributed by atoms with Crippen molar-refractivity contribution in [1.29, 1.82) is 0 Å². The molecule has 2 aromatic rings. The molecule has 3 N–H and O–H groups in total. The third-order valence-electron chi connectivity index (χ3n) is 5.13. The van der Waals surface area contributed by atoms with Gasteiger partial charge in [0.25, 0.3) is 0 Å². The monoisotopic (exact) mass is 428 g/mol. The van der Waals surface area contributed by atoms with Crippen molar-refractivity contribution >= 4 is 28.7 Å². The maximum absolute atomic E-state index is 5.88. The summed E-state index contributed by atoms with van der Waals surface area (Å²) in [6.07, 6.45) is 3.05. The Morgan fingerprint density at radius 3 is 2.27 bits per heavy atom. The normalized spacial score (nSPS) is 14.4. The molecule has 0 bridgehead atoms. The van der Waals surface area contributed by atoms with Crippen LogP contribution in [-0.2, 0) is 0 Å². The Morgan fingerprint density at radius 2 is 1.60 bits per heavy atom. The van der Waals surface area contributed by atoms with Crippen LogP contribution in [0.5, 0.6) is 11.5 Å². The largest absolute Gasteiger partial charge is 0.494 e. The zero-order valence-electron chi connectivity index (χ0n) is 17.7.